The van der Waals surface area contributed by atoms with E-state index in [4.69, 9.17) is 18.9 Å². The first-order chi connectivity index (χ1) is 34.8. The number of hydrogen-bond acceptors (Lipinski definition) is 15. The molecule has 0 saturated carbocycles. The average molecular weight is 1060 g/mol. The van der Waals surface area contributed by atoms with Gasteiger partial charge >= 0.3 is 0 Å². The normalized spacial score (nSPS) is 11.7. The van der Waals surface area contributed by atoms with Crippen molar-refractivity contribution >= 4 is 32.2 Å². The molecule has 390 valence electrons. The summed E-state index contributed by atoms with van der Waals surface area (Å²) in [6, 6.07) is 17.9. The predicted molar refractivity (Wildman–Crippen MR) is 263 cm³/mol. The number of methoxy groups -OCH3 is 4. The summed E-state index contributed by atoms with van der Waals surface area (Å²) in [7, 11) is 0.115. The van der Waals surface area contributed by atoms with Gasteiger partial charge in [-0.15, -0.1) is 0 Å². The third-order valence-electron chi connectivity index (χ3n) is 11.0. The number of pyridine rings is 2. The topological polar surface area (TPSA) is 218 Å². The molecule has 73 heavy (non-hydrogen) atoms. The standard InChI is InChI=1S/C25H27F2N3O6S.C25H27F2N3O5S/c1-4-18(31)6-5-11-37(33,34)25-28-19(13-20(29-25)24(26)27)17-8-10-23(32)30(15-17)14-16-7-9-21(35-2)22(12-16)36-3;1-4-18(31)6-5-11-36(33)25-28-19(13-20(29-25)24(26)27)17-8-10-23(32)30(15-17)14-16-7-9-21(34-2)22(12-16)35-3/h7-10,12-13,15,24H,4-6,11,14H2,1-3H3;7-10,12-13,15,24H,4-6,11,14H2,1-3H3. The van der Waals surface area contributed by atoms with Crippen LogP contribution < -0.4 is 30.1 Å². The van der Waals surface area contributed by atoms with E-state index in [1.165, 1.54) is 74.2 Å². The molecule has 0 saturated heterocycles. The monoisotopic (exact) mass is 1050 g/mol. The highest BCUT2D eigenvalue weighted by Crippen LogP contribution is 2.31. The largest absolute Gasteiger partial charge is 0.493 e. The van der Waals surface area contributed by atoms with Gasteiger partial charge in [0, 0.05) is 67.1 Å². The highest BCUT2D eigenvalue weighted by molar-refractivity contribution is 7.91. The van der Waals surface area contributed by atoms with E-state index in [-0.39, 0.29) is 89.3 Å². The Labute approximate surface area is 421 Å². The number of rotatable bonds is 24. The zero-order chi connectivity index (χ0) is 53.4. The van der Waals surface area contributed by atoms with Gasteiger partial charge in [0.2, 0.25) is 20.2 Å². The summed E-state index contributed by atoms with van der Waals surface area (Å²) in [6.07, 6.45) is -1.69. The molecule has 6 aromatic rings. The average Bonchev–Trinajstić information content (AvgIpc) is 3.39. The molecule has 0 amide bonds. The van der Waals surface area contributed by atoms with Crippen molar-refractivity contribution in [2.75, 3.05) is 39.9 Å². The van der Waals surface area contributed by atoms with Crippen molar-refractivity contribution in [3.05, 3.63) is 128 Å². The molecular formula is C50H54F4N6O11S2. The Morgan fingerprint density at radius 3 is 1.51 bits per heavy atom. The lowest BCUT2D eigenvalue weighted by atomic mass is 10.1. The minimum absolute atomic E-state index is 0.0306. The summed E-state index contributed by atoms with van der Waals surface area (Å²) in [4.78, 5) is 63.7. The van der Waals surface area contributed by atoms with Gasteiger partial charge in [0.15, 0.2) is 23.0 Å². The maximum absolute atomic E-state index is 13.6. The van der Waals surface area contributed by atoms with Crippen LogP contribution in [-0.4, -0.2) is 93.2 Å². The summed E-state index contributed by atoms with van der Waals surface area (Å²) in [5.74, 6) is 1.59. The van der Waals surface area contributed by atoms with Crippen molar-refractivity contribution in [3.8, 4) is 45.5 Å². The molecule has 0 aliphatic rings. The molecule has 23 heteroatoms. The molecule has 0 aliphatic heterocycles. The Bertz CT molecular complexity index is 3170. The van der Waals surface area contributed by atoms with E-state index in [9.17, 15) is 49.4 Å². The molecule has 1 atom stereocenters. The number of carbonyl (C=O) groups is 2. The molecule has 0 spiro atoms. The van der Waals surface area contributed by atoms with Gasteiger partial charge in [0.1, 0.15) is 23.0 Å². The fourth-order valence-electron chi connectivity index (χ4n) is 7.01. The molecule has 0 bridgehead atoms. The fourth-order valence-corrected chi connectivity index (χ4v) is 9.19. The van der Waals surface area contributed by atoms with Gasteiger partial charge in [0.25, 0.3) is 24.0 Å². The Kier molecular flexibility index (Phi) is 20.6. The lowest BCUT2D eigenvalue weighted by molar-refractivity contribution is -0.119. The highest BCUT2D eigenvalue weighted by Gasteiger charge is 2.24. The van der Waals surface area contributed by atoms with E-state index in [1.54, 1.807) is 50.2 Å². The number of ketones is 2. The van der Waals surface area contributed by atoms with E-state index in [2.05, 4.69) is 19.9 Å². The van der Waals surface area contributed by atoms with Crippen LogP contribution in [0.1, 0.15) is 87.7 Å². The van der Waals surface area contributed by atoms with E-state index < -0.39 is 55.8 Å². The Hall–Kier alpha value is -7.14. The number of Topliss-reactive ketones (excluding diaryl/α,β-unsaturated/α-hetero) is 2. The molecular weight excluding hydrogens is 1000 g/mol. The molecule has 0 N–H and O–H groups in total. The lowest BCUT2D eigenvalue weighted by Crippen LogP contribution is -2.19. The number of ether oxygens (including phenoxy) is 4. The molecule has 2 aromatic carbocycles. The summed E-state index contributed by atoms with van der Waals surface area (Å²) in [5, 5.41) is -0.980. The van der Waals surface area contributed by atoms with Gasteiger partial charge < -0.3 is 28.1 Å². The van der Waals surface area contributed by atoms with E-state index in [0.717, 1.165) is 17.7 Å². The van der Waals surface area contributed by atoms with Gasteiger partial charge in [-0.2, -0.15) is 0 Å². The van der Waals surface area contributed by atoms with Gasteiger partial charge in [-0.05, 0) is 72.5 Å². The molecule has 17 nitrogen and oxygen atoms in total. The maximum Gasteiger partial charge on any atom is 0.280 e. The van der Waals surface area contributed by atoms with E-state index >= 15 is 0 Å². The number of halogens is 4. The van der Waals surface area contributed by atoms with Gasteiger partial charge in [-0.1, -0.05) is 26.0 Å². The van der Waals surface area contributed by atoms with Crippen LogP contribution in [0.2, 0.25) is 0 Å². The van der Waals surface area contributed by atoms with Crippen LogP contribution in [0.25, 0.3) is 22.5 Å². The van der Waals surface area contributed by atoms with Crippen molar-refractivity contribution < 1.29 is 58.7 Å². The Morgan fingerprint density at radius 1 is 0.603 bits per heavy atom. The number of sulfone groups is 1. The lowest BCUT2D eigenvalue weighted by Gasteiger charge is -2.12. The Morgan fingerprint density at radius 2 is 1.05 bits per heavy atom. The van der Waals surface area contributed by atoms with Gasteiger partial charge in [-0.3, -0.25) is 23.4 Å². The van der Waals surface area contributed by atoms with Crippen molar-refractivity contribution in [2.45, 2.75) is 88.6 Å². The van der Waals surface area contributed by atoms with Crippen molar-refractivity contribution in [1.29, 1.82) is 0 Å². The third-order valence-corrected chi connectivity index (χ3v) is 13.8. The zero-order valence-electron chi connectivity index (χ0n) is 40.8. The number of benzene rings is 2. The van der Waals surface area contributed by atoms with Crippen molar-refractivity contribution in [3.63, 3.8) is 0 Å². The van der Waals surface area contributed by atoms with Gasteiger partial charge in [0.05, 0.1) is 69.5 Å². The smallest absolute Gasteiger partial charge is 0.280 e. The highest BCUT2D eigenvalue weighted by atomic mass is 32.2. The molecule has 0 fully saturated rings. The number of aromatic nitrogens is 6. The number of alkyl halides is 4. The van der Waals surface area contributed by atoms with Gasteiger partial charge in [-0.25, -0.2) is 45.9 Å². The van der Waals surface area contributed by atoms with Crippen molar-refractivity contribution in [1.82, 2.24) is 29.1 Å². The molecule has 4 heterocycles. The summed E-state index contributed by atoms with van der Waals surface area (Å²) < 4.78 is 116. The quantitative estimate of drug-likeness (QED) is 0.0414. The van der Waals surface area contributed by atoms with Crippen molar-refractivity contribution in [2.24, 2.45) is 0 Å². The number of nitrogens with zero attached hydrogens (tertiary/aromatic N) is 6. The first-order valence-corrected chi connectivity index (χ1v) is 25.6. The first-order valence-electron chi connectivity index (χ1n) is 22.7. The molecule has 1 unspecified atom stereocenters. The molecule has 0 aliphatic carbocycles. The molecule has 6 rings (SSSR count). The first kappa shape index (κ1) is 56.8. The number of carbonyl (C=O) groups excluding carboxylic acids is 2. The maximum atomic E-state index is 13.6. The van der Waals surface area contributed by atoms with Crippen LogP contribution in [0.15, 0.2) is 105 Å². The van der Waals surface area contributed by atoms with E-state index in [1.807, 2.05) is 0 Å². The second kappa shape index (κ2) is 26.5. The van der Waals surface area contributed by atoms with Crippen LogP contribution in [0.5, 0.6) is 23.0 Å². The fraction of sp³-hybridized carbons (Fsp3) is 0.360. The van der Waals surface area contributed by atoms with Crippen LogP contribution in [-0.2, 0) is 43.3 Å². The summed E-state index contributed by atoms with van der Waals surface area (Å²) >= 11 is 0. The SMILES string of the molecule is CCC(=O)CCCS(=O)(=O)c1nc(-c2ccc(=O)n(Cc3ccc(OC)c(OC)c3)c2)cc(C(F)F)n1.CCC(=O)CCCS(=O)c1nc(-c2ccc(=O)n(Cc3ccc(OC)c(OC)c3)c2)cc(C(F)F)n1. The summed E-state index contributed by atoms with van der Waals surface area (Å²) in [6.45, 7) is 3.72. The third kappa shape index (κ3) is 15.7. The molecule has 4 aromatic heterocycles. The van der Waals surface area contributed by atoms with E-state index in [0.29, 0.717) is 47.0 Å². The van der Waals surface area contributed by atoms with Crippen LogP contribution in [0.3, 0.4) is 0 Å². The number of hydrogen-bond donors (Lipinski definition) is 0. The van der Waals surface area contributed by atoms with Crippen LogP contribution in [0.4, 0.5) is 17.6 Å². The second-order valence-corrected chi connectivity index (χ2v) is 19.5. The zero-order valence-corrected chi connectivity index (χ0v) is 42.4. The van der Waals surface area contributed by atoms with Crippen LogP contribution in [0, 0.1) is 0 Å². The minimum Gasteiger partial charge on any atom is -0.493 e. The second-order valence-electron chi connectivity index (χ2n) is 16.0. The summed E-state index contributed by atoms with van der Waals surface area (Å²) in [5.41, 5.74) is 0.154. The molecule has 0 radical (unpaired) electrons. The predicted octanol–water partition coefficient (Wildman–Crippen LogP) is 8.02. The Balaban J connectivity index is 0.000000271. The minimum atomic E-state index is -4.13. The van der Waals surface area contributed by atoms with Crippen LogP contribution >= 0.6 is 0 Å².